The van der Waals surface area contributed by atoms with Gasteiger partial charge in [-0.15, -0.1) is 0 Å². The van der Waals surface area contributed by atoms with Crippen LogP contribution in [0, 0.1) is 17.0 Å². The number of nitro benzene ring substituents is 1. The number of para-hydroxylation sites is 1. The minimum Gasteiger partial charge on any atom is -0.258 e. The monoisotopic (exact) mass is 345 g/mol. The number of non-ortho nitro benzene ring substituents is 1. The van der Waals surface area contributed by atoms with E-state index < -0.39 is 4.92 Å². The number of benzene rings is 2. The highest BCUT2D eigenvalue weighted by Crippen LogP contribution is 2.23. The summed E-state index contributed by atoms with van der Waals surface area (Å²) in [4.78, 5) is 10.4. The van der Waals surface area contributed by atoms with Gasteiger partial charge >= 0.3 is 0 Å². The first-order valence-electron chi connectivity index (χ1n) is 8.04. The Morgan fingerprint density at radius 3 is 2.42 bits per heavy atom. The summed E-state index contributed by atoms with van der Waals surface area (Å²) in [6.45, 7) is 1.94. The molecular formula is C19H15N5O2. The Kier molecular flexibility index (Phi) is 3.81. The van der Waals surface area contributed by atoms with Gasteiger partial charge in [-0.25, -0.2) is 9.36 Å². The van der Waals surface area contributed by atoms with Gasteiger partial charge in [-0.2, -0.15) is 10.2 Å². The molecule has 4 rings (SSSR count). The summed E-state index contributed by atoms with van der Waals surface area (Å²) in [5.41, 5.74) is 4.44. The molecule has 0 unspecified atom stereocenters. The van der Waals surface area contributed by atoms with Crippen LogP contribution in [-0.2, 0) is 0 Å². The first kappa shape index (κ1) is 15.8. The van der Waals surface area contributed by atoms with E-state index in [2.05, 4.69) is 10.2 Å². The number of hydrogen-bond acceptors (Lipinski definition) is 4. The van der Waals surface area contributed by atoms with Crippen molar-refractivity contribution in [3.63, 3.8) is 0 Å². The Morgan fingerprint density at radius 2 is 1.73 bits per heavy atom. The average Bonchev–Trinajstić information content (AvgIpc) is 3.29. The summed E-state index contributed by atoms with van der Waals surface area (Å²) in [7, 11) is 0. The van der Waals surface area contributed by atoms with Crippen molar-refractivity contribution in [3.8, 4) is 22.6 Å². The molecular weight excluding hydrogens is 330 g/mol. The Balaban J connectivity index is 1.67. The third-order valence-corrected chi connectivity index (χ3v) is 4.09. The SMILES string of the molecule is Cc1cc(-c2cnn(-c3ccccc3)c2)nn1-c1ccc([N+](=O)[O-])cc1. The van der Waals surface area contributed by atoms with Gasteiger partial charge in [0.25, 0.3) is 5.69 Å². The van der Waals surface area contributed by atoms with Crippen molar-refractivity contribution in [2.24, 2.45) is 0 Å². The minimum atomic E-state index is -0.414. The lowest BCUT2D eigenvalue weighted by Gasteiger charge is -2.03. The summed E-state index contributed by atoms with van der Waals surface area (Å²) >= 11 is 0. The van der Waals surface area contributed by atoms with Gasteiger partial charge in [0, 0.05) is 29.6 Å². The van der Waals surface area contributed by atoms with Crippen LogP contribution in [0.2, 0.25) is 0 Å². The van der Waals surface area contributed by atoms with Crippen LogP contribution >= 0.6 is 0 Å². The second-order valence-electron chi connectivity index (χ2n) is 5.87. The van der Waals surface area contributed by atoms with Crippen molar-refractivity contribution >= 4 is 5.69 Å². The van der Waals surface area contributed by atoms with Crippen molar-refractivity contribution in [1.29, 1.82) is 0 Å². The topological polar surface area (TPSA) is 78.8 Å². The van der Waals surface area contributed by atoms with Crippen LogP contribution in [0.25, 0.3) is 22.6 Å². The number of aromatic nitrogens is 4. The number of hydrogen-bond donors (Lipinski definition) is 0. The van der Waals surface area contributed by atoms with E-state index >= 15 is 0 Å². The predicted octanol–water partition coefficient (Wildman–Crippen LogP) is 3.94. The number of aryl methyl sites for hydroxylation is 1. The summed E-state index contributed by atoms with van der Waals surface area (Å²) < 4.78 is 3.56. The molecule has 128 valence electrons. The molecule has 7 nitrogen and oxygen atoms in total. The van der Waals surface area contributed by atoms with Gasteiger partial charge in [0.05, 0.1) is 28.2 Å². The molecule has 26 heavy (non-hydrogen) atoms. The third kappa shape index (κ3) is 2.86. The maximum atomic E-state index is 10.8. The predicted molar refractivity (Wildman–Crippen MR) is 97.5 cm³/mol. The smallest absolute Gasteiger partial charge is 0.258 e. The highest BCUT2D eigenvalue weighted by molar-refractivity contribution is 5.59. The van der Waals surface area contributed by atoms with Crippen molar-refractivity contribution in [2.45, 2.75) is 6.92 Å². The van der Waals surface area contributed by atoms with Crippen LogP contribution in [0.1, 0.15) is 5.69 Å². The van der Waals surface area contributed by atoms with E-state index in [-0.39, 0.29) is 5.69 Å². The highest BCUT2D eigenvalue weighted by atomic mass is 16.6. The lowest BCUT2D eigenvalue weighted by molar-refractivity contribution is -0.384. The number of rotatable bonds is 4. The molecule has 0 aliphatic rings. The van der Waals surface area contributed by atoms with Crippen LogP contribution < -0.4 is 0 Å². The van der Waals surface area contributed by atoms with Crippen molar-refractivity contribution in [2.75, 3.05) is 0 Å². The van der Waals surface area contributed by atoms with Gasteiger partial charge in [0.15, 0.2) is 0 Å². The number of nitro groups is 1. The second kappa shape index (κ2) is 6.29. The van der Waals surface area contributed by atoms with Crippen molar-refractivity contribution in [3.05, 3.63) is 88.9 Å². The largest absolute Gasteiger partial charge is 0.269 e. The molecule has 0 atom stereocenters. The molecule has 0 radical (unpaired) electrons. The molecule has 0 bridgehead atoms. The molecule has 0 aliphatic carbocycles. The van der Waals surface area contributed by atoms with Crippen molar-refractivity contribution in [1.82, 2.24) is 19.6 Å². The zero-order chi connectivity index (χ0) is 18.1. The maximum Gasteiger partial charge on any atom is 0.269 e. The fourth-order valence-corrected chi connectivity index (χ4v) is 2.77. The van der Waals surface area contributed by atoms with E-state index in [4.69, 9.17) is 0 Å². The number of nitrogens with zero attached hydrogens (tertiary/aromatic N) is 5. The molecule has 0 spiro atoms. The van der Waals surface area contributed by atoms with E-state index in [0.717, 1.165) is 28.3 Å². The molecule has 2 aromatic heterocycles. The average molecular weight is 345 g/mol. The Bertz CT molecular complexity index is 1070. The van der Waals surface area contributed by atoms with Crippen LogP contribution in [0.15, 0.2) is 73.1 Å². The maximum absolute atomic E-state index is 10.8. The van der Waals surface area contributed by atoms with Gasteiger partial charge < -0.3 is 0 Å². The van der Waals surface area contributed by atoms with Gasteiger partial charge in [-0.1, -0.05) is 18.2 Å². The standard InChI is InChI=1S/C19H15N5O2/c1-14-11-19(15-12-20-22(13-15)16-5-3-2-4-6-16)21-23(14)17-7-9-18(10-8-17)24(25)26/h2-13H,1H3. The fourth-order valence-electron chi connectivity index (χ4n) is 2.77. The summed E-state index contributed by atoms with van der Waals surface area (Å²) in [6, 6.07) is 18.2. The first-order chi connectivity index (χ1) is 12.6. The Labute approximate surface area is 149 Å². The molecule has 0 amide bonds. The molecule has 0 fully saturated rings. The van der Waals surface area contributed by atoms with E-state index in [9.17, 15) is 10.1 Å². The van der Waals surface area contributed by atoms with E-state index in [1.54, 1.807) is 27.7 Å². The van der Waals surface area contributed by atoms with Crippen LogP contribution in [-0.4, -0.2) is 24.5 Å². The van der Waals surface area contributed by atoms with Crippen LogP contribution in [0.4, 0.5) is 5.69 Å². The summed E-state index contributed by atoms with van der Waals surface area (Å²) in [5.74, 6) is 0. The van der Waals surface area contributed by atoms with Gasteiger partial charge in [-0.05, 0) is 37.3 Å². The molecule has 0 saturated heterocycles. The highest BCUT2D eigenvalue weighted by Gasteiger charge is 2.12. The lowest BCUT2D eigenvalue weighted by atomic mass is 10.2. The van der Waals surface area contributed by atoms with Gasteiger partial charge in [-0.3, -0.25) is 10.1 Å². The first-order valence-corrected chi connectivity index (χ1v) is 8.04. The molecule has 0 N–H and O–H groups in total. The van der Waals surface area contributed by atoms with Crippen molar-refractivity contribution < 1.29 is 4.92 Å². The normalized spacial score (nSPS) is 10.8. The molecule has 0 aliphatic heterocycles. The molecule has 4 aromatic rings. The zero-order valence-electron chi connectivity index (χ0n) is 14.0. The van der Waals surface area contributed by atoms with Crippen LogP contribution in [0.5, 0.6) is 0 Å². The van der Waals surface area contributed by atoms with Gasteiger partial charge in [0.1, 0.15) is 0 Å². The minimum absolute atomic E-state index is 0.0583. The Hall–Kier alpha value is -3.74. The van der Waals surface area contributed by atoms with E-state index in [0.29, 0.717) is 0 Å². The third-order valence-electron chi connectivity index (χ3n) is 4.09. The second-order valence-corrected chi connectivity index (χ2v) is 5.87. The van der Waals surface area contributed by atoms with E-state index in [1.807, 2.05) is 49.5 Å². The quantitative estimate of drug-likeness (QED) is 0.414. The van der Waals surface area contributed by atoms with E-state index in [1.165, 1.54) is 12.1 Å². The zero-order valence-corrected chi connectivity index (χ0v) is 14.0. The van der Waals surface area contributed by atoms with Gasteiger partial charge in [0.2, 0.25) is 0 Å². The Morgan fingerprint density at radius 1 is 1.00 bits per heavy atom. The summed E-state index contributed by atoms with van der Waals surface area (Å²) in [6.07, 6.45) is 3.70. The van der Waals surface area contributed by atoms with Crippen LogP contribution in [0.3, 0.4) is 0 Å². The molecule has 2 aromatic carbocycles. The lowest BCUT2D eigenvalue weighted by Crippen LogP contribution is -1.99. The summed E-state index contributed by atoms with van der Waals surface area (Å²) in [5, 5.41) is 19.8. The molecule has 0 saturated carbocycles. The fraction of sp³-hybridized carbons (Fsp3) is 0.0526. The molecule has 2 heterocycles. The molecule has 7 heteroatoms.